The molecule has 3 N–H and O–H groups in total. The molecule has 0 aromatic heterocycles. The molecular formula is C11H14ClNO3. The summed E-state index contributed by atoms with van der Waals surface area (Å²) in [6, 6.07) is 3.79. The first-order valence-corrected chi connectivity index (χ1v) is 5.47. The van der Waals surface area contributed by atoms with Crippen LogP contribution in [0.3, 0.4) is 0 Å². The molecular weight excluding hydrogens is 230 g/mol. The fourth-order valence-electron chi connectivity index (χ4n) is 1.25. The molecule has 88 valence electrons. The van der Waals surface area contributed by atoms with Gasteiger partial charge in [-0.1, -0.05) is 0 Å². The number of rotatable bonds is 4. The number of alkyl halides is 1. The molecule has 16 heavy (non-hydrogen) atoms. The molecule has 5 heteroatoms. The Morgan fingerprint density at radius 2 is 2.19 bits per heavy atom. The Morgan fingerprint density at radius 1 is 1.50 bits per heavy atom. The first-order valence-electron chi connectivity index (χ1n) is 4.93. The number of hydrogen-bond donors (Lipinski definition) is 3. The first kappa shape index (κ1) is 12.6. The second-order valence-corrected chi connectivity index (χ2v) is 3.93. The topological polar surface area (TPSA) is 69.6 Å². The van der Waals surface area contributed by atoms with Crippen molar-refractivity contribution in [2.24, 2.45) is 0 Å². The molecule has 0 aliphatic carbocycles. The monoisotopic (exact) mass is 243 g/mol. The van der Waals surface area contributed by atoms with E-state index in [-0.39, 0.29) is 29.0 Å². The van der Waals surface area contributed by atoms with E-state index in [4.69, 9.17) is 16.7 Å². The van der Waals surface area contributed by atoms with Crippen LogP contribution in [0.1, 0.15) is 23.7 Å². The molecule has 0 heterocycles. The van der Waals surface area contributed by atoms with Gasteiger partial charge < -0.3 is 15.5 Å². The van der Waals surface area contributed by atoms with E-state index in [1.165, 1.54) is 12.1 Å². The normalized spacial score (nSPS) is 12.1. The number of carbonyl (C=O) groups is 1. The minimum Gasteiger partial charge on any atom is -0.508 e. The van der Waals surface area contributed by atoms with Crippen LogP contribution < -0.4 is 5.32 Å². The largest absolute Gasteiger partial charge is 0.508 e. The number of phenolic OH excluding ortho intramolecular Hbond substituents is 2. The van der Waals surface area contributed by atoms with Crippen LogP contribution in [0.2, 0.25) is 0 Å². The highest BCUT2D eigenvalue weighted by Gasteiger charge is 2.13. The molecule has 4 nitrogen and oxygen atoms in total. The van der Waals surface area contributed by atoms with Crippen molar-refractivity contribution in [3.8, 4) is 11.5 Å². The van der Waals surface area contributed by atoms with Gasteiger partial charge in [0.25, 0.3) is 5.91 Å². The molecule has 1 rings (SSSR count). The predicted molar refractivity (Wildman–Crippen MR) is 62.0 cm³/mol. The van der Waals surface area contributed by atoms with Crippen LogP contribution in [0, 0.1) is 0 Å². The molecule has 0 bridgehead atoms. The van der Waals surface area contributed by atoms with Crippen molar-refractivity contribution < 1.29 is 15.0 Å². The molecule has 0 spiro atoms. The molecule has 0 aliphatic rings. The van der Waals surface area contributed by atoms with Gasteiger partial charge in [-0.3, -0.25) is 4.79 Å². The molecule has 0 radical (unpaired) electrons. The maximum atomic E-state index is 11.7. The van der Waals surface area contributed by atoms with Crippen molar-refractivity contribution in [2.45, 2.75) is 19.4 Å². The highest BCUT2D eigenvalue weighted by atomic mass is 35.5. The van der Waals surface area contributed by atoms with E-state index in [0.29, 0.717) is 12.3 Å². The lowest BCUT2D eigenvalue weighted by atomic mass is 10.1. The summed E-state index contributed by atoms with van der Waals surface area (Å²) in [4.78, 5) is 11.7. The number of nitrogens with one attached hydrogen (secondary N) is 1. The van der Waals surface area contributed by atoms with Crippen LogP contribution >= 0.6 is 11.6 Å². The average Bonchev–Trinajstić information content (AvgIpc) is 2.17. The van der Waals surface area contributed by atoms with Gasteiger partial charge in [-0.15, -0.1) is 11.6 Å². The Balaban J connectivity index is 2.73. The molecule has 1 unspecified atom stereocenters. The summed E-state index contributed by atoms with van der Waals surface area (Å²) in [6.07, 6.45) is 0.659. The van der Waals surface area contributed by atoms with Crippen molar-refractivity contribution in [3.63, 3.8) is 0 Å². The third kappa shape index (κ3) is 3.31. The molecule has 0 fully saturated rings. The van der Waals surface area contributed by atoms with E-state index in [1.807, 2.05) is 6.92 Å². The minimum absolute atomic E-state index is 0.0572. The number of phenols is 2. The number of hydrogen-bond acceptors (Lipinski definition) is 3. The SMILES string of the molecule is CC(CCCl)NC(=O)c1ccc(O)cc1O. The van der Waals surface area contributed by atoms with Gasteiger partial charge in [0.2, 0.25) is 0 Å². The molecule has 1 aromatic carbocycles. The molecule has 0 saturated carbocycles. The molecule has 1 amide bonds. The quantitative estimate of drug-likeness (QED) is 0.707. The predicted octanol–water partition coefficient (Wildman–Crippen LogP) is 1.85. The summed E-state index contributed by atoms with van der Waals surface area (Å²) >= 11 is 5.54. The van der Waals surface area contributed by atoms with E-state index >= 15 is 0 Å². The number of benzene rings is 1. The van der Waals surface area contributed by atoms with Crippen LogP contribution in [-0.4, -0.2) is 28.0 Å². The summed E-state index contributed by atoms with van der Waals surface area (Å²) in [5.74, 6) is -0.239. The molecule has 1 aromatic rings. The van der Waals surface area contributed by atoms with Gasteiger partial charge in [-0.25, -0.2) is 0 Å². The number of amides is 1. The van der Waals surface area contributed by atoms with Gasteiger partial charge in [0.05, 0.1) is 5.56 Å². The number of carbonyl (C=O) groups excluding carboxylic acids is 1. The van der Waals surface area contributed by atoms with Gasteiger partial charge in [-0.2, -0.15) is 0 Å². The smallest absolute Gasteiger partial charge is 0.255 e. The van der Waals surface area contributed by atoms with Gasteiger partial charge in [0.1, 0.15) is 11.5 Å². The number of halogens is 1. The highest BCUT2D eigenvalue weighted by Crippen LogP contribution is 2.22. The zero-order valence-electron chi connectivity index (χ0n) is 8.90. The van der Waals surface area contributed by atoms with Crippen molar-refractivity contribution in [1.82, 2.24) is 5.32 Å². The Kier molecular flexibility index (Phi) is 4.43. The van der Waals surface area contributed by atoms with Crippen molar-refractivity contribution in [3.05, 3.63) is 23.8 Å². The maximum absolute atomic E-state index is 11.7. The zero-order chi connectivity index (χ0) is 12.1. The van der Waals surface area contributed by atoms with Crippen molar-refractivity contribution in [1.29, 1.82) is 0 Å². The second kappa shape index (κ2) is 5.61. The lowest BCUT2D eigenvalue weighted by Gasteiger charge is -2.12. The van der Waals surface area contributed by atoms with E-state index < -0.39 is 0 Å². The minimum atomic E-state index is -0.380. The second-order valence-electron chi connectivity index (χ2n) is 3.55. The van der Waals surface area contributed by atoms with Crippen molar-refractivity contribution >= 4 is 17.5 Å². The Hall–Kier alpha value is -1.42. The summed E-state index contributed by atoms with van der Waals surface area (Å²) in [5.41, 5.74) is 0.138. The molecule has 1 atom stereocenters. The third-order valence-corrected chi connectivity index (χ3v) is 2.36. The van der Waals surface area contributed by atoms with Gasteiger partial charge in [-0.05, 0) is 25.5 Å². The van der Waals surface area contributed by atoms with Crippen LogP contribution in [0.25, 0.3) is 0 Å². The Labute approximate surface area is 98.9 Å². The van der Waals surface area contributed by atoms with Crippen LogP contribution in [-0.2, 0) is 0 Å². The van der Waals surface area contributed by atoms with Gasteiger partial charge >= 0.3 is 0 Å². The average molecular weight is 244 g/mol. The van der Waals surface area contributed by atoms with E-state index in [9.17, 15) is 9.90 Å². The summed E-state index contributed by atoms with van der Waals surface area (Å²) in [7, 11) is 0. The van der Waals surface area contributed by atoms with E-state index in [1.54, 1.807) is 0 Å². The summed E-state index contributed by atoms with van der Waals surface area (Å²) in [6.45, 7) is 1.83. The van der Waals surface area contributed by atoms with Gasteiger partial charge in [0, 0.05) is 18.0 Å². The zero-order valence-corrected chi connectivity index (χ0v) is 9.66. The molecule has 0 aliphatic heterocycles. The Bertz CT molecular complexity index is 381. The van der Waals surface area contributed by atoms with E-state index in [2.05, 4.69) is 5.32 Å². The first-order chi connectivity index (χ1) is 7.54. The lowest BCUT2D eigenvalue weighted by Crippen LogP contribution is -2.32. The summed E-state index contributed by atoms with van der Waals surface area (Å²) < 4.78 is 0. The van der Waals surface area contributed by atoms with Crippen LogP contribution in [0.15, 0.2) is 18.2 Å². The fourth-order valence-corrected chi connectivity index (χ4v) is 1.58. The summed E-state index contributed by atoms with van der Waals surface area (Å²) in [5, 5.41) is 21.2. The van der Waals surface area contributed by atoms with Crippen LogP contribution in [0.4, 0.5) is 0 Å². The Morgan fingerprint density at radius 3 is 2.75 bits per heavy atom. The highest BCUT2D eigenvalue weighted by molar-refractivity contribution is 6.17. The molecule has 0 saturated heterocycles. The standard InChI is InChI=1S/C11H14ClNO3/c1-7(4-5-12)13-11(16)9-3-2-8(14)6-10(9)15/h2-3,6-7,14-15H,4-5H2,1H3,(H,13,16). The maximum Gasteiger partial charge on any atom is 0.255 e. The van der Waals surface area contributed by atoms with Crippen molar-refractivity contribution in [2.75, 3.05) is 5.88 Å². The lowest BCUT2D eigenvalue weighted by molar-refractivity contribution is 0.0937. The van der Waals surface area contributed by atoms with Gasteiger partial charge in [0.15, 0.2) is 0 Å². The fraction of sp³-hybridized carbons (Fsp3) is 0.364. The third-order valence-electron chi connectivity index (χ3n) is 2.15. The number of aromatic hydroxyl groups is 2. The van der Waals surface area contributed by atoms with Crippen LogP contribution in [0.5, 0.6) is 11.5 Å². The van der Waals surface area contributed by atoms with E-state index in [0.717, 1.165) is 6.07 Å².